The summed E-state index contributed by atoms with van der Waals surface area (Å²) in [6.45, 7) is 4.88. The van der Waals surface area contributed by atoms with Crippen LogP contribution in [0.3, 0.4) is 0 Å². The van der Waals surface area contributed by atoms with E-state index in [0.717, 1.165) is 18.7 Å². The van der Waals surface area contributed by atoms with E-state index < -0.39 is 0 Å². The van der Waals surface area contributed by atoms with Gasteiger partial charge in [0.05, 0.1) is 17.3 Å². The Kier molecular flexibility index (Phi) is 6.93. The largest absolute Gasteiger partial charge is 0.478 e. The topological polar surface area (TPSA) is 43.4 Å². The number of nitrogens with one attached hydrogen (secondary N) is 1. The lowest BCUT2D eigenvalue weighted by Crippen LogP contribution is -2.14. The van der Waals surface area contributed by atoms with Crippen molar-refractivity contribution in [1.82, 2.24) is 10.3 Å². The van der Waals surface area contributed by atoms with Gasteiger partial charge in [0.2, 0.25) is 5.88 Å². The average molecular weight is 259 g/mol. The van der Waals surface area contributed by atoms with Crippen LogP contribution in [0.2, 0.25) is 5.02 Å². The maximum absolute atomic E-state index is 6.04. The van der Waals surface area contributed by atoms with Gasteiger partial charge in [-0.1, -0.05) is 18.5 Å². The van der Waals surface area contributed by atoms with Crippen LogP contribution < -0.4 is 10.1 Å². The van der Waals surface area contributed by atoms with Gasteiger partial charge in [-0.25, -0.2) is 4.98 Å². The van der Waals surface area contributed by atoms with Crippen LogP contribution in [0.25, 0.3) is 0 Å². The highest BCUT2D eigenvalue weighted by molar-refractivity contribution is 6.31. The van der Waals surface area contributed by atoms with Gasteiger partial charge in [-0.2, -0.15) is 0 Å². The van der Waals surface area contributed by atoms with E-state index in [1.165, 1.54) is 0 Å². The van der Waals surface area contributed by atoms with E-state index >= 15 is 0 Å². The lowest BCUT2D eigenvalue weighted by atomic mass is 10.3. The molecule has 0 atom stereocenters. The third-order valence-corrected chi connectivity index (χ3v) is 2.52. The first-order valence-electron chi connectivity index (χ1n) is 5.75. The van der Waals surface area contributed by atoms with Crippen LogP contribution in [0.5, 0.6) is 5.88 Å². The number of halogens is 1. The molecule has 0 aliphatic heterocycles. The Morgan fingerprint density at radius 3 is 2.88 bits per heavy atom. The molecule has 1 N–H and O–H groups in total. The molecule has 17 heavy (non-hydrogen) atoms. The second kappa shape index (κ2) is 8.28. The molecule has 0 radical (unpaired) electrons. The van der Waals surface area contributed by atoms with Crippen molar-refractivity contribution in [2.24, 2.45) is 0 Å². The number of ether oxygens (including phenoxy) is 2. The van der Waals surface area contributed by atoms with Crippen molar-refractivity contribution >= 4 is 11.6 Å². The van der Waals surface area contributed by atoms with Gasteiger partial charge in [-0.15, -0.1) is 0 Å². The molecule has 0 spiro atoms. The fourth-order valence-electron chi connectivity index (χ4n) is 1.29. The molecule has 0 bridgehead atoms. The minimum Gasteiger partial charge on any atom is -0.478 e. The highest BCUT2D eigenvalue weighted by atomic mass is 35.5. The first-order chi connectivity index (χ1) is 8.27. The van der Waals surface area contributed by atoms with E-state index in [0.29, 0.717) is 30.7 Å². The third kappa shape index (κ3) is 5.35. The number of nitrogens with zero attached hydrogens (tertiary/aromatic N) is 1. The van der Waals surface area contributed by atoms with E-state index in [-0.39, 0.29) is 0 Å². The smallest absolute Gasteiger partial charge is 0.213 e. The molecule has 4 nitrogen and oxygen atoms in total. The third-order valence-electron chi connectivity index (χ3n) is 2.18. The monoisotopic (exact) mass is 258 g/mol. The van der Waals surface area contributed by atoms with Gasteiger partial charge in [0.15, 0.2) is 0 Å². The van der Waals surface area contributed by atoms with Crippen molar-refractivity contribution in [2.75, 3.05) is 26.9 Å². The van der Waals surface area contributed by atoms with Crippen LogP contribution in [0.4, 0.5) is 0 Å². The molecular weight excluding hydrogens is 240 g/mol. The second-order valence-corrected chi connectivity index (χ2v) is 3.96. The van der Waals surface area contributed by atoms with Crippen molar-refractivity contribution in [3.05, 3.63) is 22.8 Å². The van der Waals surface area contributed by atoms with E-state index in [1.54, 1.807) is 13.2 Å². The summed E-state index contributed by atoms with van der Waals surface area (Å²) in [6.07, 6.45) is 0.851. The summed E-state index contributed by atoms with van der Waals surface area (Å²) in [6, 6.07) is 3.59. The summed E-state index contributed by atoms with van der Waals surface area (Å²) in [5, 5.41) is 3.85. The molecule has 0 aliphatic rings. The Bertz CT molecular complexity index is 334. The molecule has 0 aliphatic carbocycles. The molecule has 1 aromatic rings. The normalized spacial score (nSPS) is 10.5. The fraction of sp³-hybridized carbons (Fsp3) is 0.583. The molecule has 1 heterocycles. The number of rotatable bonds is 8. The number of aromatic nitrogens is 1. The van der Waals surface area contributed by atoms with Gasteiger partial charge in [-0.3, -0.25) is 0 Å². The maximum atomic E-state index is 6.04. The summed E-state index contributed by atoms with van der Waals surface area (Å²) in [5.74, 6) is 0.610. The summed E-state index contributed by atoms with van der Waals surface area (Å²) in [5.41, 5.74) is 0.817. The zero-order valence-corrected chi connectivity index (χ0v) is 11.1. The summed E-state index contributed by atoms with van der Waals surface area (Å²) in [4.78, 5) is 4.35. The highest BCUT2D eigenvalue weighted by Crippen LogP contribution is 2.18. The molecule has 0 saturated carbocycles. The standard InChI is InChI=1S/C12H19ClN2O2/c1-3-14-9-11-10(13)5-6-12(15-11)17-8-4-7-16-2/h5-6,14H,3-4,7-9H2,1-2H3. The molecule has 0 fully saturated rings. The first kappa shape index (κ1) is 14.2. The predicted octanol–water partition coefficient (Wildman–Crippen LogP) is 2.26. The number of pyridine rings is 1. The van der Waals surface area contributed by atoms with Crippen molar-refractivity contribution in [1.29, 1.82) is 0 Å². The Morgan fingerprint density at radius 1 is 1.35 bits per heavy atom. The van der Waals surface area contributed by atoms with Gasteiger partial charge < -0.3 is 14.8 Å². The first-order valence-corrected chi connectivity index (χ1v) is 6.13. The Balaban J connectivity index is 2.49. The zero-order valence-electron chi connectivity index (χ0n) is 10.3. The predicted molar refractivity (Wildman–Crippen MR) is 68.6 cm³/mol. The molecule has 1 rings (SSSR count). The van der Waals surface area contributed by atoms with Gasteiger partial charge in [0.1, 0.15) is 0 Å². The molecule has 0 unspecified atom stereocenters. The summed E-state index contributed by atoms with van der Waals surface area (Å²) >= 11 is 6.04. The van der Waals surface area contributed by atoms with Crippen molar-refractivity contribution in [3.8, 4) is 5.88 Å². The molecule has 0 aromatic carbocycles. The Morgan fingerprint density at radius 2 is 2.18 bits per heavy atom. The highest BCUT2D eigenvalue weighted by Gasteiger charge is 2.04. The van der Waals surface area contributed by atoms with Crippen molar-refractivity contribution < 1.29 is 9.47 Å². The fourth-order valence-corrected chi connectivity index (χ4v) is 1.46. The Hall–Kier alpha value is -0.840. The van der Waals surface area contributed by atoms with Crippen LogP contribution in [-0.4, -0.2) is 31.9 Å². The SMILES string of the molecule is CCNCc1nc(OCCCOC)ccc1Cl. The van der Waals surface area contributed by atoms with Crippen LogP contribution in [0.1, 0.15) is 19.0 Å². The molecule has 96 valence electrons. The van der Waals surface area contributed by atoms with Crippen LogP contribution >= 0.6 is 11.6 Å². The van der Waals surface area contributed by atoms with Crippen LogP contribution in [0, 0.1) is 0 Å². The number of methoxy groups -OCH3 is 1. The lowest BCUT2D eigenvalue weighted by Gasteiger charge is -2.08. The summed E-state index contributed by atoms with van der Waals surface area (Å²) in [7, 11) is 1.68. The molecular formula is C12H19ClN2O2. The lowest BCUT2D eigenvalue weighted by molar-refractivity contribution is 0.170. The van der Waals surface area contributed by atoms with Crippen LogP contribution in [-0.2, 0) is 11.3 Å². The maximum Gasteiger partial charge on any atom is 0.213 e. The van der Waals surface area contributed by atoms with Gasteiger partial charge in [0, 0.05) is 32.7 Å². The minimum absolute atomic E-state index is 0.600. The van der Waals surface area contributed by atoms with Crippen molar-refractivity contribution in [2.45, 2.75) is 19.9 Å². The van der Waals surface area contributed by atoms with E-state index in [9.17, 15) is 0 Å². The molecule has 0 saturated heterocycles. The van der Waals surface area contributed by atoms with E-state index in [1.807, 2.05) is 13.0 Å². The zero-order chi connectivity index (χ0) is 12.5. The quantitative estimate of drug-likeness (QED) is 0.727. The van der Waals surface area contributed by atoms with Gasteiger partial charge >= 0.3 is 0 Å². The van der Waals surface area contributed by atoms with Crippen molar-refractivity contribution in [3.63, 3.8) is 0 Å². The Labute approximate surface area is 107 Å². The number of hydrogen-bond acceptors (Lipinski definition) is 4. The average Bonchev–Trinajstić information content (AvgIpc) is 2.35. The molecule has 1 aromatic heterocycles. The summed E-state index contributed by atoms with van der Waals surface area (Å²) < 4.78 is 10.5. The molecule has 0 amide bonds. The van der Waals surface area contributed by atoms with Gasteiger partial charge in [-0.05, 0) is 12.6 Å². The van der Waals surface area contributed by atoms with E-state index in [2.05, 4.69) is 10.3 Å². The second-order valence-electron chi connectivity index (χ2n) is 3.55. The van der Waals surface area contributed by atoms with E-state index in [4.69, 9.17) is 21.1 Å². The minimum atomic E-state index is 0.600. The van der Waals surface area contributed by atoms with Gasteiger partial charge in [0.25, 0.3) is 0 Å². The van der Waals surface area contributed by atoms with Crippen LogP contribution in [0.15, 0.2) is 12.1 Å². The number of hydrogen-bond donors (Lipinski definition) is 1. The molecule has 5 heteroatoms.